The molecule has 0 saturated carbocycles. The molecule has 0 N–H and O–H groups in total. The summed E-state index contributed by atoms with van der Waals surface area (Å²) < 4.78 is 5.51. The lowest BCUT2D eigenvalue weighted by molar-refractivity contribution is -0.131. The molecule has 0 bridgehead atoms. The molecule has 4 aromatic rings. The number of carbonyl (C=O) groups is 1. The highest BCUT2D eigenvalue weighted by Crippen LogP contribution is 2.20. The second-order valence-corrected chi connectivity index (χ2v) is 8.81. The van der Waals surface area contributed by atoms with Crippen LogP contribution in [0.5, 0.6) is 0 Å². The summed E-state index contributed by atoms with van der Waals surface area (Å²) in [5.74, 6) is 1.25. The van der Waals surface area contributed by atoms with Crippen molar-refractivity contribution in [2.45, 2.75) is 25.7 Å². The predicted octanol–water partition coefficient (Wildman–Crippen LogP) is 5.05. The summed E-state index contributed by atoms with van der Waals surface area (Å²) in [6, 6.07) is 28.4. The summed E-state index contributed by atoms with van der Waals surface area (Å²) in [5.41, 5.74) is 4.41. The Morgan fingerprint density at radius 1 is 0.771 bits per heavy atom. The smallest absolute Gasteiger partial charge is 0.228 e. The van der Waals surface area contributed by atoms with Crippen LogP contribution in [-0.2, 0) is 24.1 Å². The number of amides is 1. The summed E-state index contributed by atoms with van der Waals surface area (Å²) >= 11 is 0. The van der Waals surface area contributed by atoms with E-state index in [1.165, 1.54) is 11.1 Å². The van der Waals surface area contributed by atoms with Crippen molar-refractivity contribution in [3.63, 3.8) is 0 Å². The molecular weight excluding hydrogens is 436 g/mol. The van der Waals surface area contributed by atoms with Crippen LogP contribution in [0.3, 0.4) is 0 Å². The van der Waals surface area contributed by atoms with Crippen molar-refractivity contribution >= 4 is 11.6 Å². The van der Waals surface area contributed by atoms with Gasteiger partial charge in [0.15, 0.2) is 0 Å². The average molecular weight is 469 g/mol. The lowest BCUT2D eigenvalue weighted by atomic mass is 10.1. The van der Waals surface area contributed by atoms with Gasteiger partial charge in [-0.05, 0) is 48.2 Å². The maximum Gasteiger partial charge on any atom is 0.228 e. The third-order valence-corrected chi connectivity index (χ3v) is 6.04. The third kappa shape index (κ3) is 7.03. The molecule has 0 radical (unpaired) electrons. The van der Waals surface area contributed by atoms with E-state index in [0.29, 0.717) is 37.6 Å². The molecule has 0 aliphatic carbocycles. The first-order chi connectivity index (χ1) is 17.1. The topological polar surface area (TPSA) is 62.5 Å². The van der Waals surface area contributed by atoms with Gasteiger partial charge in [-0.2, -0.15) is 4.98 Å². The minimum Gasteiger partial charge on any atom is -0.378 e. The molecular formula is C29H32N4O2. The first-order valence-corrected chi connectivity index (χ1v) is 12.0. The van der Waals surface area contributed by atoms with E-state index in [4.69, 9.17) is 4.52 Å². The molecule has 0 saturated heterocycles. The van der Waals surface area contributed by atoms with E-state index < -0.39 is 0 Å². The van der Waals surface area contributed by atoms with Crippen LogP contribution in [0.15, 0.2) is 89.5 Å². The van der Waals surface area contributed by atoms with E-state index in [1.807, 2.05) is 84.6 Å². The molecule has 180 valence electrons. The summed E-state index contributed by atoms with van der Waals surface area (Å²) in [6.45, 7) is 1.20. The van der Waals surface area contributed by atoms with Gasteiger partial charge in [0.1, 0.15) is 0 Å². The SMILES string of the molecule is CN(C)c1ccc(-c2noc(CCN(CCc3ccccc3)C(=O)CCc3ccccc3)n2)cc1. The van der Waals surface area contributed by atoms with Crippen molar-refractivity contribution in [1.82, 2.24) is 15.0 Å². The highest BCUT2D eigenvalue weighted by molar-refractivity contribution is 5.76. The van der Waals surface area contributed by atoms with Gasteiger partial charge >= 0.3 is 0 Å². The molecule has 0 spiro atoms. The molecule has 0 atom stereocenters. The summed E-state index contributed by atoms with van der Waals surface area (Å²) in [7, 11) is 4.01. The largest absolute Gasteiger partial charge is 0.378 e. The van der Waals surface area contributed by atoms with Crippen LogP contribution < -0.4 is 4.90 Å². The summed E-state index contributed by atoms with van der Waals surface area (Å²) in [5, 5.41) is 4.15. The number of carbonyl (C=O) groups excluding carboxylic acids is 1. The second kappa shape index (κ2) is 12.0. The van der Waals surface area contributed by atoms with Gasteiger partial charge in [-0.25, -0.2) is 0 Å². The Hall–Kier alpha value is -3.93. The van der Waals surface area contributed by atoms with E-state index in [-0.39, 0.29) is 5.91 Å². The zero-order valence-corrected chi connectivity index (χ0v) is 20.4. The van der Waals surface area contributed by atoms with Gasteiger partial charge in [0.2, 0.25) is 17.6 Å². The van der Waals surface area contributed by atoms with Gasteiger partial charge in [0.05, 0.1) is 0 Å². The first-order valence-electron chi connectivity index (χ1n) is 12.0. The number of aryl methyl sites for hydroxylation is 1. The molecule has 1 heterocycles. The highest BCUT2D eigenvalue weighted by Gasteiger charge is 2.16. The Balaban J connectivity index is 1.39. The predicted molar refractivity (Wildman–Crippen MR) is 139 cm³/mol. The van der Waals surface area contributed by atoms with E-state index >= 15 is 0 Å². The first kappa shape index (κ1) is 24.2. The van der Waals surface area contributed by atoms with E-state index in [9.17, 15) is 4.79 Å². The van der Waals surface area contributed by atoms with Gasteiger partial charge in [-0.1, -0.05) is 65.8 Å². The number of rotatable bonds is 11. The molecule has 1 aromatic heterocycles. The van der Waals surface area contributed by atoms with Crippen molar-refractivity contribution in [3.05, 3.63) is 102 Å². The average Bonchev–Trinajstić information content (AvgIpc) is 3.37. The van der Waals surface area contributed by atoms with E-state index in [1.54, 1.807) is 0 Å². The molecule has 0 aliphatic heterocycles. The molecule has 6 heteroatoms. The van der Waals surface area contributed by atoms with Gasteiger partial charge < -0.3 is 14.3 Å². The van der Waals surface area contributed by atoms with Crippen LogP contribution in [0.2, 0.25) is 0 Å². The molecule has 0 fully saturated rings. The van der Waals surface area contributed by atoms with Crippen molar-refractivity contribution < 1.29 is 9.32 Å². The maximum absolute atomic E-state index is 13.1. The van der Waals surface area contributed by atoms with Crippen LogP contribution in [-0.4, -0.2) is 48.1 Å². The van der Waals surface area contributed by atoms with Crippen LogP contribution in [0, 0.1) is 0 Å². The Kier molecular flexibility index (Phi) is 8.28. The maximum atomic E-state index is 13.1. The van der Waals surface area contributed by atoms with E-state index in [0.717, 1.165) is 24.1 Å². The minimum absolute atomic E-state index is 0.142. The number of hydrogen-bond donors (Lipinski definition) is 0. The molecule has 0 aliphatic rings. The highest BCUT2D eigenvalue weighted by atomic mass is 16.5. The normalized spacial score (nSPS) is 10.8. The van der Waals surface area contributed by atoms with E-state index in [2.05, 4.69) is 34.4 Å². The van der Waals surface area contributed by atoms with Crippen LogP contribution in [0.1, 0.15) is 23.4 Å². The molecule has 3 aromatic carbocycles. The standard InChI is InChI=1S/C29H32N4O2/c1-32(2)26-16-14-25(15-17-26)29-30-27(35-31-29)20-22-33(21-19-24-11-7-4-8-12-24)28(34)18-13-23-9-5-3-6-10-23/h3-12,14-17H,13,18-22H2,1-2H3. The fourth-order valence-corrected chi connectivity index (χ4v) is 3.94. The monoisotopic (exact) mass is 468 g/mol. The van der Waals surface area contributed by atoms with Crippen molar-refractivity contribution in [2.24, 2.45) is 0 Å². The minimum atomic E-state index is 0.142. The molecule has 4 rings (SSSR count). The van der Waals surface area contributed by atoms with Crippen molar-refractivity contribution in [3.8, 4) is 11.4 Å². The lowest BCUT2D eigenvalue weighted by Crippen LogP contribution is -2.35. The fourth-order valence-electron chi connectivity index (χ4n) is 3.94. The third-order valence-electron chi connectivity index (χ3n) is 6.04. The Bertz CT molecular complexity index is 1190. The van der Waals surface area contributed by atoms with Crippen molar-refractivity contribution in [2.75, 3.05) is 32.1 Å². The summed E-state index contributed by atoms with van der Waals surface area (Å²) in [4.78, 5) is 21.7. The Labute approximate surface area is 207 Å². The lowest BCUT2D eigenvalue weighted by Gasteiger charge is -2.22. The van der Waals surface area contributed by atoms with Crippen LogP contribution in [0.4, 0.5) is 5.69 Å². The number of benzene rings is 3. The zero-order chi connectivity index (χ0) is 24.5. The number of aromatic nitrogens is 2. The van der Waals surface area contributed by atoms with Gasteiger partial charge in [0, 0.05) is 51.3 Å². The van der Waals surface area contributed by atoms with Gasteiger partial charge in [-0.3, -0.25) is 4.79 Å². The molecule has 35 heavy (non-hydrogen) atoms. The van der Waals surface area contributed by atoms with Crippen LogP contribution >= 0.6 is 0 Å². The number of nitrogens with zero attached hydrogens (tertiary/aromatic N) is 4. The molecule has 6 nitrogen and oxygen atoms in total. The second-order valence-electron chi connectivity index (χ2n) is 8.81. The molecule has 0 unspecified atom stereocenters. The van der Waals surface area contributed by atoms with Crippen LogP contribution in [0.25, 0.3) is 11.4 Å². The van der Waals surface area contributed by atoms with Crippen molar-refractivity contribution in [1.29, 1.82) is 0 Å². The fraction of sp³-hybridized carbons (Fsp3) is 0.276. The number of hydrogen-bond acceptors (Lipinski definition) is 5. The Morgan fingerprint density at radius 3 is 2.00 bits per heavy atom. The zero-order valence-electron chi connectivity index (χ0n) is 20.4. The number of anilines is 1. The quantitative estimate of drug-likeness (QED) is 0.308. The van der Waals surface area contributed by atoms with Gasteiger partial charge in [0.25, 0.3) is 0 Å². The Morgan fingerprint density at radius 2 is 1.37 bits per heavy atom. The molecule has 1 amide bonds. The summed E-state index contributed by atoms with van der Waals surface area (Å²) in [6.07, 6.45) is 2.54. The van der Waals surface area contributed by atoms with Gasteiger partial charge in [-0.15, -0.1) is 0 Å².